The van der Waals surface area contributed by atoms with Crippen molar-refractivity contribution in [2.45, 2.75) is 47.1 Å². The highest BCUT2D eigenvalue weighted by atomic mass is 15.2. The zero-order chi connectivity index (χ0) is 13.8. The van der Waals surface area contributed by atoms with Gasteiger partial charge in [-0.25, -0.2) is 4.98 Å². The number of anilines is 2. The first-order valence-corrected chi connectivity index (χ1v) is 6.98. The van der Waals surface area contributed by atoms with Gasteiger partial charge < -0.3 is 9.88 Å². The van der Waals surface area contributed by atoms with Crippen LogP contribution in [0.25, 0.3) is 0 Å². The van der Waals surface area contributed by atoms with Gasteiger partial charge in [0.15, 0.2) is 0 Å². The topological polar surface area (TPSA) is 29.9 Å². The number of nitrogens with zero attached hydrogens (tertiary/aromatic N) is 2. The van der Waals surface area contributed by atoms with Crippen molar-refractivity contribution in [1.82, 2.24) is 9.55 Å². The van der Waals surface area contributed by atoms with Crippen LogP contribution in [0, 0.1) is 20.8 Å². The Bertz CT molecular complexity index is 555. The van der Waals surface area contributed by atoms with Gasteiger partial charge in [-0.15, -0.1) is 0 Å². The highest BCUT2D eigenvalue weighted by Crippen LogP contribution is 2.21. The second kappa shape index (κ2) is 5.91. The normalized spacial score (nSPS) is 10.7. The average molecular weight is 257 g/mol. The molecule has 1 aromatic carbocycles. The van der Waals surface area contributed by atoms with E-state index in [1.165, 1.54) is 24.0 Å². The van der Waals surface area contributed by atoms with Gasteiger partial charge in [0.25, 0.3) is 0 Å². The van der Waals surface area contributed by atoms with Gasteiger partial charge in [0.2, 0.25) is 5.95 Å². The summed E-state index contributed by atoms with van der Waals surface area (Å²) >= 11 is 0. The summed E-state index contributed by atoms with van der Waals surface area (Å²) in [5, 5.41) is 3.46. The lowest BCUT2D eigenvalue weighted by atomic mass is 10.1. The van der Waals surface area contributed by atoms with Crippen LogP contribution in [-0.2, 0) is 6.54 Å². The van der Waals surface area contributed by atoms with Gasteiger partial charge in [0, 0.05) is 18.4 Å². The van der Waals surface area contributed by atoms with E-state index in [9.17, 15) is 0 Å². The van der Waals surface area contributed by atoms with E-state index >= 15 is 0 Å². The number of nitrogens with one attached hydrogen (secondary N) is 1. The predicted molar refractivity (Wildman–Crippen MR) is 81.1 cm³/mol. The molecule has 0 radical (unpaired) electrons. The molecular formula is C16H23N3. The van der Waals surface area contributed by atoms with Gasteiger partial charge >= 0.3 is 0 Å². The SMILES string of the molecule is CCCCn1cc(C)nc1Nc1cc(C)ccc1C. The number of rotatable bonds is 5. The summed E-state index contributed by atoms with van der Waals surface area (Å²) in [7, 11) is 0. The Morgan fingerprint density at radius 2 is 2.00 bits per heavy atom. The molecule has 0 atom stereocenters. The Morgan fingerprint density at radius 1 is 1.21 bits per heavy atom. The summed E-state index contributed by atoms with van der Waals surface area (Å²) in [5.74, 6) is 0.944. The van der Waals surface area contributed by atoms with Crippen LogP contribution in [0.15, 0.2) is 24.4 Å². The monoisotopic (exact) mass is 257 g/mol. The first-order chi connectivity index (χ1) is 9.10. The molecule has 1 heterocycles. The fraction of sp³-hybridized carbons (Fsp3) is 0.438. The molecular weight excluding hydrogens is 234 g/mol. The largest absolute Gasteiger partial charge is 0.325 e. The Balaban J connectivity index is 2.24. The van der Waals surface area contributed by atoms with Crippen molar-refractivity contribution in [3.63, 3.8) is 0 Å². The highest BCUT2D eigenvalue weighted by Gasteiger charge is 2.07. The molecule has 1 aromatic heterocycles. The van der Waals surface area contributed by atoms with Gasteiger partial charge in [-0.2, -0.15) is 0 Å². The van der Waals surface area contributed by atoms with Crippen LogP contribution in [0.2, 0.25) is 0 Å². The zero-order valence-corrected chi connectivity index (χ0v) is 12.3. The lowest BCUT2D eigenvalue weighted by molar-refractivity contribution is 0.637. The second-order valence-electron chi connectivity index (χ2n) is 5.20. The lowest BCUT2D eigenvalue weighted by Crippen LogP contribution is -2.04. The van der Waals surface area contributed by atoms with E-state index in [2.05, 4.69) is 60.0 Å². The summed E-state index contributed by atoms with van der Waals surface area (Å²) in [6.07, 6.45) is 4.49. The Kier molecular flexibility index (Phi) is 4.25. The van der Waals surface area contributed by atoms with Crippen LogP contribution < -0.4 is 5.32 Å². The molecule has 0 aliphatic heterocycles. The molecule has 3 heteroatoms. The molecule has 0 amide bonds. The molecule has 0 bridgehead atoms. The van der Waals surface area contributed by atoms with Crippen LogP contribution in [-0.4, -0.2) is 9.55 Å². The molecule has 3 nitrogen and oxygen atoms in total. The van der Waals surface area contributed by atoms with Gasteiger partial charge in [-0.3, -0.25) is 0 Å². The van der Waals surface area contributed by atoms with Gasteiger partial charge in [-0.1, -0.05) is 25.5 Å². The summed E-state index contributed by atoms with van der Waals surface area (Å²) in [5.41, 5.74) is 4.71. The molecule has 0 aliphatic carbocycles. The minimum Gasteiger partial charge on any atom is -0.325 e. The Hall–Kier alpha value is -1.77. The van der Waals surface area contributed by atoms with Crippen molar-refractivity contribution in [3.8, 4) is 0 Å². The fourth-order valence-electron chi connectivity index (χ4n) is 2.14. The highest BCUT2D eigenvalue weighted by molar-refractivity contribution is 5.59. The standard InChI is InChI=1S/C16H23N3/c1-5-6-9-19-11-14(4)17-16(19)18-15-10-12(2)7-8-13(15)3/h7-8,10-11H,5-6,9H2,1-4H3,(H,17,18). The summed E-state index contributed by atoms with van der Waals surface area (Å²) in [6.45, 7) is 9.50. The number of hydrogen-bond acceptors (Lipinski definition) is 2. The number of benzene rings is 1. The summed E-state index contributed by atoms with van der Waals surface area (Å²) in [4.78, 5) is 4.58. The molecule has 0 fully saturated rings. The van der Waals surface area contributed by atoms with E-state index < -0.39 is 0 Å². The molecule has 102 valence electrons. The number of aromatic nitrogens is 2. The molecule has 0 saturated heterocycles. The van der Waals surface area contributed by atoms with Gasteiger partial charge in [0.1, 0.15) is 0 Å². The van der Waals surface area contributed by atoms with Crippen LogP contribution in [0.1, 0.15) is 36.6 Å². The third-order valence-corrected chi connectivity index (χ3v) is 3.29. The third-order valence-electron chi connectivity index (χ3n) is 3.29. The van der Waals surface area contributed by atoms with E-state index in [1.807, 2.05) is 6.92 Å². The van der Waals surface area contributed by atoms with E-state index in [1.54, 1.807) is 0 Å². The molecule has 0 saturated carbocycles. The second-order valence-corrected chi connectivity index (χ2v) is 5.20. The van der Waals surface area contributed by atoms with Crippen molar-refractivity contribution in [2.24, 2.45) is 0 Å². The smallest absolute Gasteiger partial charge is 0.207 e. The van der Waals surface area contributed by atoms with Crippen molar-refractivity contribution in [3.05, 3.63) is 41.2 Å². The predicted octanol–water partition coefficient (Wildman–Crippen LogP) is 4.35. The molecule has 0 unspecified atom stereocenters. The minimum atomic E-state index is 0.944. The van der Waals surface area contributed by atoms with Crippen molar-refractivity contribution < 1.29 is 0 Å². The van der Waals surface area contributed by atoms with E-state index in [4.69, 9.17) is 0 Å². The van der Waals surface area contributed by atoms with E-state index in [-0.39, 0.29) is 0 Å². The molecule has 1 N–H and O–H groups in total. The van der Waals surface area contributed by atoms with Gasteiger partial charge in [0.05, 0.1) is 5.69 Å². The maximum atomic E-state index is 4.58. The number of hydrogen-bond donors (Lipinski definition) is 1. The maximum absolute atomic E-state index is 4.58. The Labute approximate surface area is 115 Å². The van der Waals surface area contributed by atoms with Crippen LogP contribution in [0.4, 0.5) is 11.6 Å². The van der Waals surface area contributed by atoms with Crippen LogP contribution in [0.3, 0.4) is 0 Å². The Morgan fingerprint density at radius 3 is 2.74 bits per heavy atom. The summed E-state index contributed by atoms with van der Waals surface area (Å²) < 4.78 is 2.21. The van der Waals surface area contributed by atoms with E-state index in [0.717, 1.165) is 23.9 Å². The van der Waals surface area contributed by atoms with Crippen molar-refractivity contribution >= 4 is 11.6 Å². The minimum absolute atomic E-state index is 0.944. The van der Waals surface area contributed by atoms with Crippen LogP contribution >= 0.6 is 0 Å². The van der Waals surface area contributed by atoms with E-state index in [0.29, 0.717) is 0 Å². The number of unbranched alkanes of at least 4 members (excludes halogenated alkanes) is 1. The average Bonchev–Trinajstić information content (AvgIpc) is 2.71. The third kappa shape index (κ3) is 3.37. The van der Waals surface area contributed by atoms with Crippen LogP contribution in [0.5, 0.6) is 0 Å². The zero-order valence-electron chi connectivity index (χ0n) is 12.3. The van der Waals surface area contributed by atoms with Crippen molar-refractivity contribution in [2.75, 3.05) is 5.32 Å². The number of aryl methyl sites for hydroxylation is 4. The lowest BCUT2D eigenvalue weighted by Gasteiger charge is -2.12. The maximum Gasteiger partial charge on any atom is 0.207 e. The first kappa shape index (κ1) is 13.7. The van der Waals surface area contributed by atoms with Crippen molar-refractivity contribution in [1.29, 1.82) is 0 Å². The fourth-order valence-corrected chi connectivity index (χ4v) is 2.14. The number of imidazole rings is 1. The first-order valence-electron chi connectivity index (χ1n) is 6.98. The van der Waals surface area contributed by atoms with Gasteiger partial charge in [-0.05, 0) is 44.4 Å². The quantitative estimate of drug-likeness (QED) is 0.863. The molecule has 2 aromatic rings. The molecule has 0 aliphatic rings. The molecule has 0 spiro atoms. The molecule has 19 heavy (non-hydrogen) atoms. The molecule has 2 rings (SSSR count). The summed E-state index contributed by atoms with van der Waals surface area (Å²) in [6, 6.07) is 6.45.